The largest absolute Gasteiger partial charge is 0.309 e. The van der Waals surface area contributed by atoms with Crippen LogP contribution in [0, 0.1) is 0 Å². The van der Waals surface area contributed by atoms with Crippen LogP contribution in [0.15, 0.2) is 152 Å². The van der Waals surface area contributed by atoms with Gasteiger partial charge < -0.3 is 4.90 Å². The summed E-state index contributed by atoms with van der Waals surface area (Å²) >= 11 is 1.87. The van der Waals surface area contributed by atoms with Gasteiger partial charge in [0.25, 0.3) is 0 Å². The molecule has 1 nitrogen and oxygen atoms in total. The second-order valence-corrected chi connectivity index (χ2v) is 13.6. The van der Waals surface area contributed by atoms with E-state index in [4.69, 9.17) is 0 Å². The standard InChI is InChI=1S/C43H31NS/c1-43(2)36-21-11-8-20-34(36)41-38(26-29-16-6-7-18-32(29)42(41)43)44(37-22-12-9-17-31(37)28-14-4-3-5-15-28)30-24-25-40-35(27-30)33-19-10-13-23-39(33)45-40/h3-27H,1-2H3. The van der Waals surface area contributed by atoms with Gasteiger partial charge in [0.1, 0.15) is 0 Å². The summed E-state index contributed by atoms with van der Waals surface area (Å²) in [7, 11) is 0. The van der Waals surface area contributed by atoms with E-state index in [0.29, 0.717) is 0 Å². The molecule has 0 amide bonds. The van der Waals surface area contributed by atoms with Gasteiger partial charge >= 0.3 is 0 Å². The Bertz CT molecular complexity index is 2410. The number of hydrogen-bond donors (Lipinski definition) is 0. The first kappa shape index (κ1) is 26.2. The zero-order chi connectivity index (χ0) is 30.1. The SMILES string of the molecule is CC1(C)c2ccccc2-c2c(N(c3ccc4sc5ccccc5c4c3)c3ccccc3-c3ccccc3)cc3ccccc3c21. The lowest BCUT2D eigenvalue weighted by molar-refractivity contribution is 0.666. The topological polar surface area (TPSA) is 3.24 Å². The quantitative estimate of drug-likeness (QED) is 0.196. The van der Waals surface area contributed by atoms with E-state index in [1.807, 2.05) is 11.3 Å². The third-order valence-electron chi connectivity index (χ3n) is 9.61. The summed E-state index contributed by atoms with van der Waals surface area (Å²) in [6.07, 6.45) is 0. The van der Waals surface area contributed by atoms with E-state index in [1.54, 1.807) is 0 Å². The Labute approximate surface area is 267 Å². The van der Waals surface area contributed by atoms with E-state index in [0.717, 1.165) is 5.69 Å². The molecular weight excluding hydrogens is 563 g/mol. The molecule has 0 aliphatic heterocycles. The van der Waals surface area contributed by atoms with Gasteiger partial charge in [0.15, 0.2) is 0 Å². The average molecular weight is 594 g/mol. The maximum absolute atomic E-state index is 2.53. The first-order chi connectivity index (χ1) is 22.1. The molecule has 1 heterocycles. The van der Waals surface area contributed by atoms with Gasteiger partial charge in [-0.3, -0.25) is 0 Å². The maximum atomic E-state index is 2.53. The van der Waals surface area contributed by atoms with Crippen LogP contribution in [0.4, 0.5) is 17.1 Å². The van der Waals surface area contributed by atoms with Crippen molar-refractivity contribution in [3.63, 3.8) is 0 Å². The molecule has 0 N–H and O–H groups in total. The minimum absolute atomic E-state index is 0.139. The molecule has 1 aromatic heterocycles. The van der Waals surface area contributed by atoms with Gasteiger partial charge in [-0.25, -0.2) is 0 Å². The lowest BCUT2D eigenvalue weighted by atomic mass is 9.80. The molecule has 0 atom stereocenters. The highest BCUT2D eigenvalue weighted by Gasteiger charge is 2.39. The summed E-state index contributed by atoms with van der Waals surface area (Å²) in [5, 5.41) is 5.20. The Balaban J connectivity index is 1.42. The number of benzene rings is 7. The van der Waals surface area contributed by atoms with Crippen molar-refractivity contribution in [1.82, 2.24) is 0 Å². The van der Waals surface area contributed by atoms with Crippen molar-refractivity contribution < 1.29 is 0 Å². The van der Waals surface area contributed by atoms with Crippen molar-refractivity contribution in [2.24, 2.45) is 0 Å². The normalized spacial score (nSPS) is 13.3. The summed E-state index contributed by atoms with van der Waals surface area (Å²) in [4.78, 5) is 2.53. The van der Waals surface area contributed by atoms with E-state index in [-0.39, 0.29) is 5.41 Å². The Kier molecular flexibility index (Phi) is 5.78. The average Bonchev–Trinajstić information content (AvgIpc) is 3.58. The molecule has 0 bridgehead atoms. The van der Waals surface area contributed by atoms with Crippen LogP contribution in [0.1, 0.15) is 25.0 Å². The lowest BCUT2D eigenvalue weighted by Crippen LogP contribution is -2.17. The zero-order valence-electron chi connectivity index (χ0n) is 25.3. The summed E-state index contributed by atoms with van der Waals surface area (Å²) in [5.74, 6) is 0. The Morgan fingerprint density at radius 1 is 0.511 bits per heavy atom. The highest BCUT2D eigenvalue weighted by Crippen LogP contribution is 2.57. The second kappa shape index (κ2) is 9.92. The van der Waals surface area contributed by atoms with E-state index in [2.05, 4.69) is 170 Å². The van der Waals surface area contributed by atoms with Crippen LogP contribution in [0.3, 0.4) is 0 Å². The number of hydrogen-bond acceptors (Lipinski definition) is 2. The van der Waals surface area contributed by atoms with Crippen molar-refractivity contribution in [3.8, 4) is 22.3 Å². The maximum Gasteiger partial charge on any atom is 0.0549 e. The van der Waals surface area contributed by atoms with E-state index >= 15 is 0 Å². The molecule has 45 heavy (non-hydrogen) atoms. The molecule has 0 saturated heterocycles. The van der Waals surface area contributed by atoms with E-state index in [9.17, 15) is 0 Å². The van der Waals surface area contributed by atoms with Crippen LogP contribution >= 0.6 is 11.3 Å². The monoisotopic (exact) mass is 593 g/mol. The lowest BCUT2D eigenvalue weighted by Gasteiger charge is -2.31. The number of thiophene rings is 1. The van der Waals surface area contributed by atoms with Crippen LogP contribution < -0.4 is 4.90 Å². The first-order valence-electron chi connectivity index (χ1n) is 15.6. The smallest absolute Gasteiger partial charge is 0.0549 e. The number of fused-ring (bicyclic) bond motifs is 8. The number of anilines is 3. The summed E-state index contributed by atoms with van der Waals surface area (Å²) < 4.78 is 2.63. The van der Waals surface area contributed by atoms with Gasteiger partial charge in [0.2, 0.25) is 0 Å². The van der Waals surface area contributed by atoms with Crippen molar-refractivity contribution in [3.05, 3.63) is 163 Å². The van der Waals surface area contributed by atoms with Gasteiger partial charge in [-0.15, -0.1) is 11.3 Å². The molecule has 0 saturated carbocycles. The molecule has 2 heteroatoms. The molecular formula is C43H31NS. The van der Waals surface area contributed by atoms with Crippen LogP contribution in [-0.4, -0.2) is 0 Å². The highest BCUT2D eigenvalue weighted by molar-refractivity contribution is 7.25. The predicted octanol–water partition coefficient (Wildman–Crippen LogP) is 12.7. The Morgan fingerprint density at radius 3 is 2.04 bits per heavy atom. The van der Waals surface area contributed by atoms with E-state index in [1.165, 1.54) is 75.7 Å². The van der Waals surface area contributed by atoms with Gasteiger partial charge in [0.05, 0.1) is 11.4 Å². The van der Waals surface area contributed by atoms with Gasteiger partial charge in [-0.1, -0.05) is 129 Å². The highest BCUT2D eigenvalue weighted by atomic mass is 32.1. The minimum atomic E-state index is -0.139. The zero-order valence-corrected chi connectivity index (χ0v) is 26.1. The number of para-hydroxylation sites is 1. The van der Waals surface area contributed by atoms with Gasteiger partial charge in [0, 0.05) is 42.4 Å². The fourth-order valence-electron chi connectivity index (χ4n) is 7.60. The van der Waals surface area contributed by atoms with Gasteiger partial charge in [-0.05, 0) is 69.4 Å². The third kappa shape index (κ3) is 3.92. The molecule has 214 valence electrons. The summed E-state index contributed by atoms with van der Waals surface area (Å²) in [5.41, 5.74) is 11.3. The Morgan fingerprint density at radius 2 is 1.18 bits per heavy atom. The molecule has 0 fully saturated rings. The molecule has 1 aliphatic rings. The molecule has 0 spiro atoms. The van der Waals surface area contributed by atoms with Crippen molar-refractivity contribution in [2.75, 3.05) is 4.90 Å². The third-order valence-corrected chi connectivity index (χ3v) is 10.8. The molecule has 0 unspecified atom stereocenters. The van der Waals surface area contributed by atoms with Gasteiger partial charge in [-0.2, -0.15) is 0 Å². The van der Waals surface area contributed by atoms with Crippen molar-refractivity contribution in [1.29, 1.82) is 0 Å². The summed E-state index contributed by atoms with van der Waals surface area (Å²) in [6.45, 7) is 4.78. The van der Waals surface area contributed by atoms with Crippen LogP contribution in [0.25, 0.3) is 53.2 Å². The second-order valence-electron chi connectivity index (χ2n) is 12.5. The molecule has 7 aromatic carbocycles. The number of rotatable bonds is 4. The number of nitrogens with zero attached hydrogens (tertiary/aromatic N) is 1. The molecule has 1 aliphatic carbocycles. The molecule has 9 rings (SSSR count). The first-order valence-corrected chi connectivity index (χ1v) is 16.4. The van der Waals surface area contributed by atoms with Crippen LogP contribution in [0.2, 0.25) is 0 Å². The van der Waals surface area contributed by atoms with Crippen molar-refractivity contribution >= 4 is 59.3 Å². The minimum Gasteiger partial charge on any atom is -0.309 e. The molecule has 8 aromatic rings. The van der Waals surface area contributed by atoms with Crippen LogP contribution in [0.5, 0.6) is 0 Å². The summed E-state index contributed by atoms with van der Waals surface area (Å²) in [6, 6.07) is 55.8. The predicted molar refractivity (Wildman–Crippen MR) is 195 cm³/mol. The Hall–Kier alpha value is -5.18. The fourth-order valence-corrected chi connectivity index (χ4v) is 8.69. The molecule has 0 radical (unpaired) electrons. The fraction of sp³-hybridized carbons (Fsp3) is 0.0698. The van der Waals surface area contributed by atoms with Crippen molar-refractivity contribution in [2.45, 2.75) is 19.3 Å². The van der Waals surface area contributed by atoms with Crippen LogP contribution in [-0.2, 0) is 5.41 Å². The van der Waals surface area contributed by atoms with E-state index < -0.39 is 0 Å².